The molecule has 1 aromatic carbocycles. The zero-order valence-electron chi connectivity index (χ0n) is 7.00. The van der Waals surface area contributed by atoms with E-state index in [2.05, 4.69) is 40.4 Å². The van der Waals surface area contributed by atoms with E-state index in [4.69, 9.17) is 5.84 Å². The summed E-state index contributed by atoms with van der Waals surface area (Å²) in [6, 6.07) is 10.3. The van der Waals surface area contributed by atoms with Crippen LogP contribution in [0.5, 0.6) is 0 Å². The molecular formula is C9H13BrN2. The Bertz CT molecular complexity index is 223. The quantitative estimate of drug-likeness (QED) is 0.472. The van der Waals surface area contributed by atoms with Gasteiger partial charge in [-0.05, 0) is 5.56 Å². The predicted molar refractivity (Wildman–Crippen MR) is 54.9 cm³/mol. The van der Waals surface area contributed by atoms with Crippen LogP contribution in [0, 0.1) is 0 Å². The van der Waals surface area contributed by atoms with E-state index < -0.39 is 0 Å². The number of nitrogens with one attached hydrogen (secondary N) is 1. The van der Waals surface area contributed by atoms with Crippen molar-refractivity contribution in [2.24, 2.45) is 5.84 Å². The lowest BCUT2D eigenvalue weighted by atomic mass is 10.1. The van der Waals surface area contributed by atoms with E-state index in [9.17, 15) is 0 Å². The van der Waals surface area contributed by atoms with Crippen molar-refractivity contribution in [3.05, 3.63) is 35.9 Å². The molecule has 0 aromatic heterocycles. The Hall–Kier alpha value is -0.380. The molecule has 3 heteroatoms. The van der Waals surface area contributed by atoms with E-state index in [-0.39, 0.29) is 6.04 Å². The highest BCUT2D eigenvalue weighted by Gasteiger charge is 2.13. The second kappa shape index (κ2) is 4.60. The molecule has 2 atom stereocenters. The third-order valence-corrected chi connectivity index (χ3v) is 2.33. The lowest BCUT2D eigenvalue weighted by Crippen LogP contribution is -2.32. The Morgan fingerprint density at radius 1 is 1.33 bits per heavy atom. The van der Waals surface area contributed by atoms with Crippen molar-refractivity contribution in [1.82, 2.24) is 5.43 Å². The Morgan fingerprint density at radius 3 is 2.33 bits per heavy atom. The first-order valence-corrected chi connectivity index (χ1v) is 4.82. The normalized spacial score (nSPS) is 15.6. The third kappa shape index (κ3) is 2.30. The van der Waals surface area contributed by atoms with Gasteiger partial charge in [0.2, 0.25) is 0 Å². The van der Waals surface area contributed by atoms with E-state index in [0.29, 0.717) is 4.83 Å². The summed E-state index contributed by atoms with van der Waals surface area (Å²) in [7, 11) is 0. The summed E-state index contributed by atoms with van der Waals surface area (Å²) < 4.78 is 0. The maximum Gasteiger partial charge on any atom is 0.0582 e. The fourth-order valence-corrected chi connectivity index (χ4v) is 1.61. The minimum absolute atomic E-state index is 0.172. The number of hydrazine groups is 1. The predicted octanol–water partition coefficient (Wildman–Crippen LogP) is 1.97. The van der Waals surface area contributed by atoms with Crippen molar-refractivity contribution in [1.29, 1.82) is 0 Å². The van der Waals surface area contributed by atoms with Crippen LogP contribution in [0.25, 0.3) is 0 Å². The molecule has 12 heavy (non-hydrogen) atoms. The second-order valence-corrected chi connectivity index (χ2v) is 4.18. The number of halogens is 1. The molecule has 0 heterocycles. The first-order chi connectivity index (χ1) is 5.75. The Labute approximate surface area is 81.3 Å². The molecule has 1 rings (SSSR count). The summed E-state index contributed by atoms with van der Waals surface area (Å²) in [5, 5.41) is 0. The first-order valence-electron chi connectivity index (χ1n) is 3.91. The van der Waals surface area contributed by atoms with E-state index in [1.807, 2.05) is 18.2 Å². The van der Waals surface area contributed by atoms with Crippen molar-refractivity contribution in [2.45, 2.75) is 17.8 Å². The van der Waals surface area contributed by atoms with Crippen LogP contribution in [-0.2, 0) is 0 Å². The molecule has 2 nitrogen and oxygen atoms in total. The standard InChI is InChI=1S/C9H13BrN2/c1-7(10)9(12-11)8-5-3-2-4-6-8/h2-7,9,12H,11H2,1H3/t7-,9-/m0/s1. The lowest BCUT2D eigenvalue weighted by Gasteiger charge is -2.18. The topological polar surface area (TPSA) is 38.0 Å². The SMILES string of the molecule is C[C@H](Br)[C@H](NN)c1ccccc1. The number of rotatable bonds is 3. The van der Waals surface area contributed by atoms with Gasteiger partial charge in [0.1, 0.15) is 0 Å². The highest BCUT2D eigenvalue weighted by Crippen LogP contribution is 2.20. The van der Waals surface area contributed by atoms with Gasteiger partial charge in [0, 0.05) is 4.83 Å². The average molecular weight is 229 g/mol. The van der Waals surface area contributed by atoms with Gasteiger partial charge in [0.05, 0.1) is 6.04 Å². The van der Waals surface area contributed by atoms with Crippen LogP contribution in [0.4, 0.5) is 0 Å². The molecule has 0 aliphatic rings. The highest BCUT2D eigenvalue weighted by molar-refractivity contribution is 9.09. The molecule has 0 aliphatic heterocycles. The summed E-state index contributed by atoms with van der Waals surface area (Å²) in [6.07, 6.45) is 0. The number of hydrogen-bond donors (Lipinski definition) is 2. The number of alkyl halides is 1. The molecule has 1 aromatic rings. The van der Waals surface area contributed by atoms with Gasteiger partial charge in [0.25, 0.3) is 0 Å². The maximum atomic E-state index is 5.43. The Morgan fingerprint density at radius 2 is 1.92 bits per heavy atom. The van der Waals surface area contributed by atoms with Crippen LogP contribution in [0.3, 0.4) is 0 Å². The van der Waals surface area contributed by atoms with Gasteiger partial charge in [-0.25, -0.2) is 0 Å². The first kappa shape index (κ1) is 9.71. The van der Waals surface area contributed by atoms with Gasteiger partial charge in [-0.1, -0.05) is 53.2 Å². The minimum Gasteiger partial charge on any atom is -0.271 e. The molecule has 66 valence electrons. The minimum atomic E-state index is 0.172. The van der Waals surface area contributed by atoms with E-state index in [1.165, 1.54) is 5.56 Å². The molecule has 0 unspecified atom stereocenters. The Balaban J connectivity index is 2.80. The van der Waals surface area contributed by atoms with Crippen molar-refractivity contribution in [2.75, 3.05) is 0 Å². The summed E-state index contributed by atoms with van der Waals surface area (Å²) in [6.45, 7) is 2.07. The molecular weight excluding hydrogens is 216 g/mol. The maximum absolute atomic E-state index is 5.43. The van der Waals surface area contributed by atoms with Crippen LogP contribution in [-0.4, -0.2) is 4.83 Å². The van der Waals surface area contributed by atoms with E-state index in [1.54, 1.807) is 0 Å². The molecule has 0 aliphatic carbocycles. The zero-order chi connectivity index (χ0) is 8.97. The molecule has 0 amide bonds. The Kier molecular flexibility index (Phi) is 3.72. The zero-order valence-corrected chi connectivity index (χ0v) is 8.58. The van der Waals surface area contributed by atoms with Gasteiger partial charge in [0.15, 0.2) is 0 Å². The smallest absolute Gasteiger partial charge is 0.0582 e. The molecule has 3 N–H and O–H groups in total. The molecule has 0 fully saturated rings. The monoisotopic (exact) mass is 228 g/mol. The molecule has 0 saturated heterocycles. The average Bonchev–Trinajstić information content (AvgIpc) is 2.07. The second-order valence-electron chi connectivity index (χ2n) is 2.73. The van der Waals surface area contributed by atoms with E-state index in [0.717, 1.165) is 0 Å². The van der Waals surface area contributed by atoms with Crippen LogP contribution in [0.15, 0.2) is 30.3 Å². The van der Waals surface area contributed by atoms with Crippen molar-refractivity contribution in [3.63, 3.8) is 0 Å². The van der Waals surface area contributed by atoms with Gasteiger partial charge in [-0.2, -0.15) is 0 Å². The van der Waals surface area contributed by atoms with Crippen LogP contribution in [0.2, 0.25) is 0 Å². The van der Waals surface area contributed by atoms with Crippen molar-refractivity contribution in [3.8, 4) is 0 Å². The molecule has 0 radical (unpaired) electrons. The van der Waals surface area contributed by atoms with Crippen LogP contribution < -0.4 is 11.3 Å². The van der Waals surface area contributed by atoms with Crippen LogP contribution in [0.1, 0.15) is 18.5 Å². The summed E-state index contributed by atoms with van der Waals surface area (Å²) in [4.78, 5) is 0.324. The van der Waals surface area contributed by atoms with Gasteiger partial charge >= 0.3 is 0 Å². The number of nitrogens with two attached hydrogens (primary N) is 1. The third-order valence-electron chi connectivity index (χ3n) is 1.80. The van der Waals surface area contributed by atoms with Crippen molar-refractivity contribution >= 4 is 15.9 Å². The lowest BCUT2D eigenvalue weighted by molar-refractivity contribution is 0.555. The summed E-state index contributed by atoms with van der Waals surface area (Å²) >= 11 is 3.50. The molecule has 0 saturated carbocycles. The van der Waals surface area contributed by atoms with Gasteiger partial charge in [-0.3, -0.25) is 11.3 Å². The molecule has 0 bridgehead atoms. The van der Waals surface area contributed by atoms with Crippen molar-refractivity contribution < 1.29 is 0 Å². The fraction of sp³-hybridized carbons (Fsp3) is 0.333. The number of hydrogen-bond acceptors (Lipinski definition) is 2. The molecule has 0 spiro atoms. The largest absolute Gasteiger partial charge is 0.271 e. The van der Waals surface area contributed by atoms with Crippen LogP contribution >= 0.6 is 15.9 Å². The van der Waals surface area contributed by atoms with E-state index >= 15 is 0 Å². The van der Waals surface area contributed by atoms with Gasteiger partial charge < -0.3 is 0 Å². The summed E-state index contributed by atoms with van der Waals surface area (Å²) in [5.41, 5.74) is 3.97. The van der Waals surface area contributed by atoms with Gasteiger partial charge in [-0.15, -0.1) is 0 Å². The summed E-state index contributed by atoms with van der Waals surface area (Å²) in [5.74, 6) is 5.43. The number of benzene rings is 1. The fourth-order valence-electron chi connectivity index (χ4n) is 1.15. The highest BCUT2D eigenvalue weighted by atomic mass is 79.9.